The highest BCUT2D eigenvalue weighted by molar-refractivity contribution is 9.10. The van der Waals surface area contributed by atoms with Crippen LogP contribution in [0, 0.1) is 5.41 Å². The number of nitrogens with zero attached hydrogens (tertiary/aromatic N) is 1. The first kappa shape index (κ1) is 10.6. The fourth-order valence-electron chi connectivity index (χ4n) is 2.92. The summed E-state index contributed by atoms with van der Waals surface area (Å²) in [5, 5.41) is 3.52. The molecule has 2 fully saturated rings. The summed E-state index contributed by atoms with van der Waals surface area (Å²) in [6, 6.07) is 8.61. The molecule has 1 spiro atoms. The highest BCUT2D eigenvalue weighted by Crippen LogP contribution is 2.39. The predicted molar refractivity (Wildman–Crippen MR) is 70.9 cm³/mol. The van der Waals surface area contributed by atoms with Gasteiger partial charge in [0.25, 0.3) is 0 Å². The van der Waals surface area contributed by atoms with E-state index in [0.29, 0.717) is 5.41 Å². The van der Waals surface area contributed by atoms with Crippen LogP contribution in [0.4, 0.5) is 5.69 Å². The van der Waals surface area contributed by atoms with E-state index in [2.05, 4.69) is 50.4 Å². The molecule has 3 heteroatoms. The van der Waals surface area contributed by atoms with Gasteiger partial charge in [-0.1, -0.05) is 22.0 Å². The van der Waals surface area contributed by atoms with Gasteiger partial charge < -0.3 is 10.2 Å². The summed E-state index contributed by atoms with van der Waals surface area (Å²) in [5.41, 5.74) is 1.92. The van der Waals surface area contributed by atoms with Crippen molar-refractivity contribution in [3.63, 3.8) is 0 Å². The Morgan fingerprint density at radius 1 is 1.31 bits per heavy atom. The number of rotatable bonds is 1. The van der Waals surface area contributed by atoms with E-state index in [9.17, 15) is 0 Å². The Bertz CT molecular complexity index is 377. The number of piperidine rings is 1. The third kappa shape index (κ3) is 1.87. The second kappa shape index (κ2) is 4.04. The summed E-state index contributed by atoms with van der Waals surface area (Å²) in [6.45, 7) is 4.85. The molecule has 0 saturated carbocycles. The molecule has 1 N–H and O–H groups in total. The largest absolute Gasteiger partial charge is 0.370 e. The van der Waals surface area contributed by atoms with E-state index in [0.717, 1.165) is 0 Å². The molecule has 0 bridgehead atoms. The minimum absolute atomic E-state index is 0.570. The molecule has 86 valence electrons. The van der Waals surface area contributed by atoms with E-state index < -0.39 is 0 Å². The van der Waals surface area contributed by atoms with Crippen LogP contribution >= 0.6 is 15.9 Å². The standard InChI is InChI=1S/C13H17BrN2/c14-11-3-1-4-12(7-11)16-9-13(10-16)5-2-6-15-8-13/h1,3-4,7,15H,2,5-6,8-10H2. The van der Waals surface area contributed by atoms with Gasteiger partial charge in [0.05, 0.1) is 0 Å². The summed E-state index contributed by atoms with van der Waals surface area (Å²) >= 11 is 3.53. The summed E-state index contributed by atoms with van der Waals surface area (Å²) in [7, 11) is 0. The monoisotopic (exact) mass is 280 g/mol. The van der Waals surface area contributed by atoms with Crippen molar-refractivity contribution in [2.75, 3.05) is 31.1 Å². The first-order chi connectivity index (χ1) is 7.77. The molecule has 2 heterocycles. The van der Waals surface area contributed by atoms with Crippen LogP contribution in [0.2, 0.25) is 0 Å². The lowest BCUT2D eigenvalue weighted by molar-refractivity contribution is 0.157. The topological polar surface area (TPSA) is 15.3 Å². The Morgan fingerprint density at radius 2 is 2.19 bits per heavy atom. The van der Waals surface area contributed by atoms with Gasteiger partial charge in [0.2, 0.25) is 0 Å². The molecule has 1 aromatic carbocycles. The fourth-order valence-corrected chi connectivity index (χ4v) is 3.31. The third-order valence-corrected chi connectivity index (χ3v) is 4.28. The summed E-state index contributed by atoms with van der Waals surface area (Å²) in [6.07, 6.45) is 2.73. The molecule has 2 nitrogen and oxygen atoms in total. The number of nitrogens with one attached hydrogen (secondary N) is 1. The maximum atomic E-state index is 3.53. The molecule has 0 radical (unpaired) electrons. The van der Waals surface area contributed by atoms with Gasteiger partial charge in [0.1, 0.15) is 0 Å². The lowest BCUT2D eigenvalue weighted by atomic mass is 9.74. The number of hydrogen-bond donors (Lipinski definition) is 1. The zero-order valence-electron chi connectivity index (χ0n) is 9.38. The van der Waals surface area contributed by atoms with Crippen LogP contribution in [0.5, 0.6) is 0 Å². The van der Waals surface area contributed by atoms with Gasteiger partial charge in [-0.15, -0.1) is 0 Å². The van der Waals surface area contributed by atoms with Gasteiger partial charge in [0, 0.05) is 35.2 Å². The number of anilines is 1. The van der Waals surface area contributed by atoms with Gasteiger partial charge in [0.15, 0.2) is 0 Å². The highest BCUT2D eigenvalue weighted by atomic mass is 79.9. The normalized spacial score (nSPS) is 23.2. The van der Waals surface area contributed by atoms with Crippen molar-refractivity contribution in [2.24, 2.45) is 5.41 Å². The molecule has 2 aliphatic rings. The average Bonchev–Trinajstić information content (AvgIpc) is 2.27. The second-order valence-electron chi connectivity index (χ2n) is 5.12. The van der Waals surface area contributed by atoms with E-state index in [4.69, 9.17) is 0 Å². The van der Waals surface area contributed by atoms with E-state index in [1.54, 1.807) is 0 Å². The first-order valence-corrected chi connectivity index (χ1v) is 6.78. The lowest BCUT2D eigenvalue weighted by Gasteiger charge is -2.53. The number of hydrogen-bond acceptors (Lipinski definition) is 2. The van der Waals surface area contributed by atoms with Gasteiger partial charge >= 0.3 is 0 Å². The molecule has 0 aliphatic carbocycles. The molecule has 2 saturated heterocycles. The molecule has 0 aromatic heterocycles. The van der Waals surface area contributed by atoms with E-state index >= 15 is 0 Å². The average molecular weight is 281 g/mol. The summed E-state index contributed by atoms with van der Waals surface area (Å²) in [5.74, 6) is 0. The minimum Gasteiger partial charge on any atom is -0.370 e. The van der Waals surface area contributed by atoms with Crippen molar-refractivity contribution < 1.29 is 0 Å². The van der Waals surface area contributed by atoms with Gasteiger partial charge in [-0.2, -0.15) is 0 Å². The Morgan fingerprint density at radius 3 is 2.88 bits per heavy atom. The smallest absolute Gasteiger partial charge is 0.0377 e. The Hall–Kier alpha value is -0.540. The highest BCUT2D eigenvalue weighted by Gasteiger charge is 2.43. The van der Waals surface area contributed by atoms with Crippen molar-refractivity contribution in [3.8, 4) is 0 Å². The van der Waals surface area contributed by atoms with Crippen LogP contribution < -0.4 is 10.2 Å². The van der Waals surface area contributed by atoms with Crippen LogP contribution in [0.25, 0.3) is 0 Å². The lowest BCUT2D eigenvalue weighted by Crippen LogP contribution is -2.62. The third-order valence-electron chi connectivity index (χ3n) is 3.79. The molecular formula is C13H17BrN2. The summed E-state index contributed by atoms with van der Waals surface area (Å²) in [4.78, 5) is 2.48. The van der Waals surface area contributed by atoms with Crippen molar-refractivity contribution in [1.29, 1.82) is 0 Å². The number of benzene rings is 1. The van der Waals surface area contributed by atoms with E-state index in [1.165, 1.54) is 49.2 Å². The Balaban J connectivity index is 1.68. The SMILES string of the molecule is Brc1cccc(N2CC3(CCCNC3)C2)c1. The molecule has 16 heavy (non-hydrogen) atoms. The van der Waals surface area contributed by atoms with Crippen LogP contribution in [-0.2, 0) is 0 Å². The first-order valence-electron chi connectivity index (χ1n) is 5.99. The van der Waals surface area contributed by atoms with Crippen LogP contribution in [0.3, 0.4) is 0 Å². The molecule has 1 aromatic rings. The second-order valence-corrected chi connectivity index (χ2v) is 6.03. The predicted octanol–water partition coefficient (Wildman–Crippen LogP) is 2.64. The van der Waals surface area contributed by atoms with E-state index in [-0.39, 0.29) is 0 Å². The Kier molecular flexibility index (Phi) is 2.68. The molecule has 0 unspecified atom stereocenters. The Labute approximate surface area is 105 Å². The van der Waals surface area contributed by atoms with Crippen LogP contribution in [0.15, 0.2) is 28.7 Å². The molecule has 0 atom stereocenters. The van der Waals surface area contributed by atoms with Gasteiger partial charge in [-0.25, -0.2) is 0 Å². The minimum atomic E-state index is 0.570. The van der Waals surface area contributed by atoms with E-state index in [1.807, 2.05) is 0 Å². The van der Waals surface area contributed by atoms with Crippen molar-refractivity contribution in [1.82, 2.24) is 5.32 Å². The maximum Gasteiger partial charge on any atom is 0.0377 e. The van der Waals surface area contributed by atoms with Crippen molar-refractivity contribution in [2.45, 2.75) is 12.8 Å². The van der Waals surface area contributed by atoms with Gasteiger partial charge in [-0.3, -0.25) is 0 Å². The zero-order chi connectivity index (χ0) is 11.0. The molecular weight excluding hydrogens is 264 g/mol. The molecule has 0 amide bonds. The zero-order valence-corrected chi connectivity index (χ0v) is 11.0. The van der Waals surface area contributed by atoms with Crippen LogP contribution in [0.1, 0.15) is 12.8 Å². The molecule has 2 aliphatic heterocycles. The van der Waals surface area contributed by atoms with Crippen molar-refractivity contribution in [3.05, 3.63) is 28.7 Å². The van der Waals surface area contributed by atoms with Crippen molar-refractivity contribution >= 4 is 21.6 Å². The van der Waals surface area contributed by atoms with Crippen LogP contribution in [-0.4, -0.2) is 26.2 Å². The van der Waals surface area contributed by atoms with Gasteiger partial charge in [-0.05, 0) is 37.6 Å². The molecule has 3 rings (SSSR count). The number of halogens is 1. The summed E-state index contributed by atoms with van der Waals surface area (Å²) < 4.78 is 1.17. The quantitative estimate of drug-likeness (QED) is 0.851. The fraction of sp³-hybridized carbons (Fsp3) is 0.538. The maximum absolute atomic E-state index is 3.53.